The molecular formula is C14H13F3N2S. The van der Waals surface area contributed by atoms with Crippen LogP contribution in [0, 0.1) is 11.3 Å². The highest BCUT2D eigenvalue weighted by Crippen LogP contribution is 2.38. The zero-order valence-corrected chi connectivity index (χ0v) is 11.8. The van der Waals surface area contributed by atoms with Crippen molar-refractivity contribution in [2.24, 2.45) is 0 Å². The molecule has 0 aliphatic heterocycles. The molecule has 20 heavy (non-hydrogen) atoms. The van der Waals surface area contributed by atoms with Crippen LogP contribution in [-0.2, 0) is 6.18 Å². The predicted octanol–water partition coefficient (Wildman–Crippen LogP) is 4.46. The fourth-order valence-electron chi connectivity index (χ4n) is 2.34. The Hall–Kier alpha value is -1.61. The predicted molar refractivity (Wildman–Crippen MR) is 74.7 cm³/mol. The van der Waals surface area contributed by atoms with Crippen LogP contribution in [0.15, 0.2) is 24.4 Å². The van der Waals surface area contributed by atoms with Crippen molar-refractivity contribution in [2.75, 3.05) is 12.0 Å². The van der Waals surface area contributed by atoms with Gasteiger partial charge in [-0.1, -0.05) is 0 Å². The molecule has 0 N–H and O–H groups in total. The molecule has 0 fully saturated rings. The topological polar surface area (TPSA) is 28.7 Å². The maximum Gasteiger partial charge on any atom is 0.418 e. The summed E-state index contributed by atoms with van der Waals surface area (Å²) in [4.78, 5) is 0. The van der Waals surface area contributed by atoms with Crippen LogP contribution >= 0.6 is 11.8 Å². The van der Waals surface area contributed by atoms with Crippen LogP contribution in [0.3, 0.4) is 0 Å². The van der Waals surface area contributed by atoms with Gasteiger partial charge in [-0.25, -0.2) is 0 Å². The van der Waals surface area contributed by atoms with Crippen molar-refractivity contribution in [3.63, 3.8) is 0 Å². The molecule has 6 heteroatoms. The molecule has 0 spiro atoms. The van der Waals surface area contributed by atoms with Crippen molar-refractivity contribution < 1.29 is 13.2 Å². The molecule has 0 unspecified atom stereocenters. The summed E-state index contributed by atoms with van der Waals surface area (Å²) in [6.45, 7) is 1.96. The van der Waals surface area contributed by atoms with E-state index in [-0.39, 0.29) is 17.0 Å². The van der Waals surface area contributed by atoms with Crippen LogP contribution < -0.4 is 0 Å². The van der Waals surface area contributed by atoms with Crippen molar-refractivity contribution in [2.45, 2.75) is 19.1 Å². The van der Waals surface area contributed by atoms with E-state index in [2.05, 4.69) is 0 Å². The molecule has 106 valence electrons. The number of benzene rings is 1. The largest absolute Gasteiger partial charge is 0.418 e. The molecule has 0 amide bonds. The van der Waals surface area contributed by atoms with Gasteiger partial charge in [0.1, 0.15) is 0 Å². The van der Waals surface area contributed by atoms with Gasteiger partial charge >= 0.3 is 6.18 Å². The quantitative estimate of drug-likeness (QED) is 0.837. The fraction of sp³-hybridized carbons (Fsp3) is 0.357. The Balaban J connectivity index is 2.69. The van der Waals surface area contributed by atoms with Crippen LogP contribution in [-0.4, -0.2) is 16.6 Å². The van der Waals surface area contributed by atoms with E-state index in [1.54, 1.807) is 30.1 Å². The van der Waals surface area contributed by atoms with E-state index in [0.717, 1.165) is 5.75 Å². The summed E-state index contributed by atoms with van der Waals surface area (Å²) in [5, 5.41) is 8.97. The Morgan fingerprint density at radius 1 is 1.35 bits per heavy atom. The minimum absolute atomic E-state index is 0.0875. The van der Waals surface area contributed by atoms with Gasteiger partial charge in [0.2, 0.25) is 0 Å². The zero-order valence-electron chi connectivity index (χ0n) is 11.0. The molecule has 1 aromatic heterocycles. The van der Waals surface area contributed by atoms with Crippen molar-refractivity contribution in [3.05, 3.63) is 35.5 Å². The maximum atomic E-state index is 13.2. The Morgan fingerprint density at radius 2 is 2.05 bits per heavy atom. The summed E-state index contributed by atoms with van der Waals surface area (Å²) in [5.74, 6) is 0.811. The lowest BCUT2D eigenvalue weighted by molar-refractivity contribution is -0.136. The van der Waals surface area contributed by atoms with E-state index in [9.17, 15) is 13.2 Å². The van der Waals surface area contributed by atoms with Crippen molar-refractivity contribution in [1.29, 1.82) is 5.26 Å². The number of hydrogen-bond donors (Lipinski definition) is 0. The molecule has 1 aromatic carbocycles. The highest BCUT2D eigenvalue weighted by molar-refractivity contribution is 7.98. The summed E-state index contributed by atoms with van der Waals surface area (Å²) in [6.07, 6.45) is -0.918. The lowest BCUT2D eigenvalue weighted by Gasteiger charge is -2.15. The van der Waals surface area contributed by atoms with E-state index in [0.29, 0.717) is 5.52 Å². The van der Waals surface area contributed by atoms with Gasteiger partial charge in [-0.05, 0) is 31.4 Å². The van der Waals surface area contributed by atoms with Gasteiger partial charge in [0.15, 0.2) is 0 Å². The number of thioether (sulfide) groups is 1. The molecule has 2 rings (SSSR count). The standard InChI is InChI=1S/C14H13F3N2S/c1-9(8-20-2)19-6-5-11-12(19)4-3-10(7-18)13(11)14(15,16)17/h3-6,9H,8H2,1-2H3/t9-/m1/s1. The third-order valence-corrected chi connectivity index (χ3v) is 4.00. The zero-order chi connectivity index (χ0) is 14.9. The minimum atomic E-state index is -4.53. The Labute approximate surface area is 119 Å². The fourth-order valence-corrected chi connectivity index (χ4v) is 2.98. The summed E-state index contributed by atoms with van der Waals surface area (Å²) < 4.78 is 41.3. The lowest BCUT2D eigenvalue weighted by atomic mass is 10.0. The SMILES string of the molecule is CSC[C@@H](C)n1ccc2c(C(F)(F)F)c(C#N)ccc21. The molecule has 0 saturated heterocycles. The highest BCUT2D eigenvalue weighted by Gasteiger charge is 2.36. The number of fused-ring (bicyclic) bond motifs is 1. The van der Waals surface area contributed by atoms with Gasteiger partial charge < -0.3 is 4.57 Å². The molecular weight excluding hydrogens is 285 g/mol. The number of halogens is 3. The van der Waals surface area contributed by atoms with Crippen molar-refractivity contribution in [3.8, 4) is 6.07 Å². The third kappa shape index (κ3) is 2.50. The first kappa shape index (κ1) is 14.8. The number of rotatable bonds is 3. The Morgan fingerprint density at radius 3 is 2.60 bits per heavy atom. The van der Waals surface area contributed by atoms with Gasteiger partial charge in [-0.2, -0.15) is 30.2 Å². The molecule has 2 aromatic rings. The summed E-state index contributed by atoms with van der Waals surface area (Å²) >= 11 is 1.64. The molecule has 2 nitrogen and oxygen atoms in total. The number of aromatic nitrogens is 1. The second-order valence-corrected chi connectivity index (χ2v) is 5.47. The number of nitriles is 1. The molecule has 0 saturated carbocycles. The van der Waals surface area contributed by atoms with Gasteiger partial charge in [0, 0.05) is 28.9 Å². The smallest absolute Gasteiger partial charge is 0.344 e. The number of alkyl halides is 3. The Kier molecular flexibility index (Phi) is 4.00. The summed E-state index contributed by atoms with van der Waals surface area (Å²) in [5.41, 5.74) is -0.661. The second kappa shape index (κ2) is 5.41. The van der Waals surface area contributed by atoms with E-state index >= 15 is 0 Å². The van der Waals surface area contributed by atoms with Gasteiger partial charge in [0.25, 0.3) is 0 Å². The van der Waals surface area contributed by atoms with E-state index in [4.69, 9.17) is 5.26 Å². The van der Waals surface area contributed by atoms with Crippen LogP contribution in [0.25, 0.3) is 10.9 Å². The Bertz CT molecular complexity index is 667. The molecule has 1 atom stereocenters. The van der Waals surface area contributed by atoms with Crippen molar-refractivity contribution in [1.82, 2.24) is 4.57 Å². The van der Waals surface area contributed by atoms with Crippen LogP contribution in [0.1, 0.15) is 24.1 Å². The number of nitrogens with zero attached hydrogens (tertiary/aromatic N) is 2. The first-order valence-corrected chi connectivity index (χ1v) is 7.39. The third-order valence-electron chi connectivity index (χ3n) is 3.19. The van der Waals surface area contributed by atoms with Gasteiger partial charge in [-0.3, -0.25) is 0 Å². The highest BCUT2D eigenvalue weighted by atomic mass is 32.2. The monoisotopic (exact) mass is 298 g/mol. The molecule has 1 heterocycles. The number of hydrogen-bond acceptors (Lipinski definition) is 2. The van der Waals surface area contributed by atoms with E-state index in [1.807, 2.05) is 17.7 Å². The molecule has 0 bridgehead atoms. The van der Waals surface area contributed by atoms with Crippen LogP contribution in [0.5, 0.6) is 0 Å². The average molecular weight is 298 g/mol. The summed E-state index contributed by atoms with van der Waals surface area (Å²) in [7, 11) is 0. The molecule has 0 aliphatic carbocycles. The molecule has 0 aliphatic rings. The molecule has 0 radical (unpaired) electrons. The normalized spacial score (nSPS) is 13.4. The van der Waals surface area contributed by atoms with Crippen LogP contribution in [0.2, 0.25) is 0 Å². The van der Waals surface area contributed by atoms with E-state index < -0.39 is 11.7 Å². The first-order chi connectivity index (χ1) is 9.40. The van der Waals surface area contributed by atoms with Crippen LogP contribution in [0.4, 0.5) is 13.2 Å². The van der Waals surface area contributed by atoms with E-state index in [1.165, 1.54) is 12.1 Å². The van der Waals surface area contributed by atoms with Crippen molar-refractivity contribution >= 4 is 22.7 Å². The van der Waals surface area contributed by atoms with Gasteiger partial charge in [-0.15, -0.1) is 0 Å². The maximum absolute atomic E-state index is 13.2. The van der Waals surface area contributed by atoms with Gasteiger partial charge in [0.05, 0.1) is 17.2 Å². The minimum Gasteiger partial charge on any atom is -0.344 e. The second-order valence-electron chi connectivity index (χ2n) is 4.56. The average Bonchev–Trinajstić information content (AvgIpc) is 2.80. The lowest BCUT2D eigenvalue weighted by Crippen LogP contribution is -2.10. The summed E-state index contributed by atoms with van der Waals surface area (Å²) in [6, 6.07) is 5.99. The first-order valence-electron chi connectivity index (χ1n) is 6.00.